The van der Waals surface area contributed by atoms with Gasteiger partial charge >= 0.3 is 0 Å². The fourth-order valence-corrected chi connectivity index (χ4v) is 2.60. The molecule has 0 aliphatic rings. The zero-order valence-electron chi connectivity index (χ0n) is 10.5. The highest BCUT2D eigenvalue weighted by Crippen LogP contribution is 2.12. The van der Waals surface area contributed by atoms with Crippen LogP contribution in [-0.2, 0) is 16.6 Å². The van der Waals surface area contributed by atoms with Crippen LogP contribution in [0.1, 0.15) is 5.56 Å². The minimum Gasteiger partial charge on any atom is -0.373 e. The molecule has 0 aliphatic heterocycles. The second kappa shape index (κ2) is 5.81. The molecule has 0 saturated heterocycles. The zero-order valence-corrected chi connectivity index (χ0v) is 11.3. The number of hydrogen-bond acceptors (Lipinski definition) is 4. The van der Waals surface area contributed by atoms with E-state index >= 15 is 0 Å². The van der Waals surface area contributed by atoms with Gasteiger partial charge in [-0.05, 0) is 11.6 Å². The lowest BCUT2D eigenvalue weighted by Gasteiger charge is -2.08. The number of sulfonamides is 1. The largest absolute Gasteiger partial charge is 0.373 e. The second-order valence-electron chi connectivity index (χ2n) is 3.94. The van der Waals surface area contributed by atoms with Crippen LogP contribution >= 0.6 is 0 Å². The summed E-state index contributed by atoms with van der Waals surface area (Å²) in [5.74, 6) is 0.516. The third kappa shape index (κ3) is 3.52. The fourth-order valence-electron chi connectivity index (χ4n) is 1.57. The lowest BCUT2D eigenvalue weighted by Crippen LogP contribution is -2.23. The molecule has 0 spiro atoms. The number of anilines is 1. The van der Waals surface area contributed by atoms with Crippen LogP contribution < -0.4 is 10.0 Å². The van der Waals surface area contributed by atoms with Crippen LogP contribution in [0.15, 0.2) is 53.6 Å². The van der Waals surface area contributed by atoms with Gasteiger partial charge in [0.05, 0.1) is 4.90 Å². The molecular weight excluding hydrogens is 262 g/mol. The lowest BCUT2D eigenvalue weighted by molar-refractivity contribution is 0.581. The molecule has 2 N–H and O–H groups in total. The Morgan fingerprint density at radius 2 is 1.89 bits per heavy atom. The smallest absolute Gasteiger partial charge is 0.241 e. The summed E-state index contributed by atoms with van der Waals surface area (Å²) in [6, 6.07) is 12.3. The highest BCUT2D eigenvalue weighted by atomic mass is 32.2. The van der Waals surface area contributed by atoms with Crippen molar-refractivity contribution in [3.05, 3.63) is 54.2 Å². The van der Waals surface area contributed by atoms with Crippen LogP contribution in [-0.4, -0.2) is 20.4 Å². The number of rotatable bonds is 5. The molecule has 6 heteroatoms. The molecule has 0 unspecified atom stereocenters. The van der Waals surface area contributed by atoms with Crippen LogP contribution in [0.2, 0.25) is 0 Å². The van der Waals surface area contributed by atoms with Crippen molar-refractivity contribution >= 4 is 15.8 Å². The Bertz CT molecular complexity index is 642. The van der Waals surface area contributed by atoms with Gasteiger partial charge in [0.2, 0.25) is 10.0 Å². The molecule has 0 radical (unpaired) electrons. The van der Waals surface area contributed by atoms with Gasteiger partial charge in [-0.2, -0.15) is 0 Å². The molecule has 19 heavy (non-hydrogen) atoms. The van der Waals surface area contributed by atoms with E-state index in [0.29, 0.717) is 5.82 Å². The molecule has 100 valence electrons. The Morgan fingerprint density at radius 1 is 1.16 bits per heavy atom. The average Bonchev–Trinajstić information content (AvgIpc) is 2.46. The summed E-state index contributed by atoms with van der Waals surface area (Å²) in [7, 11) is -1.83. The molecule has 0 atom stereocenters. The van der Waals surface area contributed by atoms with Gasteiger partial charge in [0.15, 0.2) is 0 Å². The van der Waals surface area contributed by atoms with Crippen LogP contribution in [0.5, 0.6) is 0 Å². The molecule has 0 bridgehead atoms. The van der Waals surface area contributed by atoms with Gasteiger partial charge in [-0.1, -0.05) is 30.3 Å². The van der Waals surface area contributed by atoms with E-state index in [9.17, 15) is 8.42 Å². The SMILES string of the molecule is CNc1cc(S(=O)(=O)NCc2ccccc2)ccn1. The van der Waals surface area contributed by atoms with Crippen molar-refractivity contribution in [2.24, 2.45) is 0 Å². The molecule has 2 rings (SSSR count). The first-order chi connectivity index (χ1) is 9.12. The molecule has 0 amide bonds. The average molecular weight is 277 g/mol. The minimum absolute atomic E-state index is 0.197. The van der Waals surface area contributed by atoms with Gasteiger partial charge in [0.25, 0.3) is 0 Å². The van der Waals surface area contributed by atoms with E-state index in [1.54, 1.807) is 7.05 Å². The van der Waals surface area contributed by atoms with Gasteiger partial charge < -0.3 is 5.32 Å². The molecular formula is C13H15N3O2S. The van der Waals surface area contributed by atoms with E-state index in [4.69, 9.17) is 0 Å². The Hall–Kier alpha value is -1.92. The number of aromatic nitrogens is 1. The summed E-state index contributed by atoms with van der Waals surface area (Å²) < 4.78 is 26.8. The fraction of sp³-hybridized carbons (Fsp3) is 0.154. The quantitative estimate of drug-likeness (QED) is 0.871. The highest BCUT2D eigenvalue weighted by molar-refractivity contribution is 7.89. The van der Waals surface area contributed by atoms with Crippen molar-refractivity contribution in [2.45, 2.75) is 11.4 Å². The first-order valence-corrected chi connectivity index (χ1v) is 7.27. The summed E-state index contributed by atoms with van der Waals surface area (Å²) >= 11 is 0. The van der Waals surface area contributed by atoms with E-state index < -0.39 is 10.0 Å². The summed E-state index contributed by atoms with van der Waals surface area (Å²) in [4.78, 5) is 4.18. The normalized spacial score (nSPS) is 11.2. The third-order valence-corrected chi connectivity index (χ3v) is 4.01. The van der Waals surface area contributed by atoms with Gasteiger partial charge in [-0.25, -0.2) is 18.1 Å². The van der Waals surface area contributed by atoms with Crippen LogP contribution in [0.3, 0.4) is 0 Å². The van der Waals surface area contributed by atoms with Gasteiger partial charge in [0.1, 0.15) is 5.82 Å². The van der Waals surface area contributed by atoms with E-state index in [1.807, 2.05) is 30.3 Å². The van der Waals surface area contributed by atoms with E-state index in [0.717, 1.165) is 5.56 Å². The summed E-state index contributed by atoms with van der Waals surface area (Å²) in [5.41, 5.74) is 0.911. The number of hydrogen-bond donors (Lipinski definition) is 2. The second-order valence-corrected chi connectivity index (χ2v) is 5.70. The number of nitrogens with zero attached hydrogens (tertiary/aromatic N) is 1. The molecule has 0 fully saturated rings. The van der Waals surface area contributed by atoms with Crippen molar-refractivity contribution in [2.75, 3.05) is 12.4 Å². The number of pyridine rings is 1. The molecule has 5 nitrogen and oxygen atoms in total. The predicted octanol–water partition coefficient (Wildman–Crippen LogP) is 1.60. The summed E-state index contributed by atoms with van der Waals surface area (Å²) in [5, 5.41) is 2.81. The molecule has 1 aromatic heterocycles. The third-order valence-electron chi connectivity index (χ3n) is 2.61. The number of benzene rings is 1. The van der Waals surface area contributed by atoms with Crippen molar-refractivity contribution in [3.63, 3.8) is 0 Å². The first-order valence-electron chi connectivity index (χ1n) is 5.79. The van der Waals surface area contributed by atoms with Crippen LogP contribution in [0, 0.1) is 0 Å². The van der Waals surface area contributed by atoms with Crippen LogP contribution in [0.25, 0.3) is 0 Å². The van der Waals surface area contributed by atoms with Crippen LogP contribution in [0.4, 0.5) is 5.82 Å². The van der Waals surface area contributed by atoms with E-state index in [2.05, 4.69) is 15.0 Å². The maximum Gasteiger partial charge on any atom is 0.241 e. The maximum atomic E-state index is 12.1. The monoisotopic (exact) mass is 277 g/mol. The van der Waals surface area contributed by atoms with Crippen molar-refractivity contribution in [1.82, 2.24) is 9.71 Å². The number of nitrogens with one attached hydrogen (secondary N) is 2. The lowest BCUT2D eigenvalue weighted by atomic mass is 10.2. The topological polar surface area (TPSA) is 71.1 Å². The molecule has 1 heterocycles. The molecule has 0 aliphatic carbocycles. The Morgan fingerprint density at radius 3 is 2.58 bits per heavy atom. The van der Waals surface area contributed by atoms with Gasteiger partial charge in [0, 0.05) is 25.9 Å². The maximum absolute atomic E-state index is 12.1. The van der Waals surface area contributed by atoms with E-state index in [-0.39, 0.29) is 11.4 Å². The first kappa shape index (κ1) is 13.5. The summed E-state index contributed by atoms with van der Waals surface area (Å²) in [6.07, 6.45) is 1.46. The van der Waals surface area contributed by atoms with Crippen molar-refractivity contribution in [3.8, 4) is 0 Å². The zero-order chi connectivity index (χ0) is 13.7. The molecule has 0 saturated carbocycles. The Balaban J connectivity index is 2.14. The summed E-state index contributed by atoms with van der Waals surface area (Å²) in [6.45, 7) is 0.264. The van der Waals surface area contributed by atoms with Crippen molar-refractivity contribution < 1.29 is 8.42 Å². The Labute approximate surface area is 112 Å². The van der Waals surface area contributed by atoms with Gasteiger partial charge in [-0.15, -0.1) is 0 Å². The standard InChI is InChI=1S/C13H15N3O2S/c1-14-13-9-12(7-8-15-13)19(17,18)16-10-11-5-3-2-4-6-11/h2-9,16H,10H2,1H3,(H,14,15). The highest BCUT2D eigenvalue weighted by Gasteiger charge is 2.14. The minimum atomic E-state index is -3.52. The Kier molecular flexibility index (Phi) is 4.13. The molecule has 2 aromatic rings. The van der Waals surface area contributed by atoms with Crippen molar-refractivity contribution in [1.29, 1.82) is 0 Å². The van der Waals surface area contributed by atoms with E-state index in [1.165, 1.54) is 18.3 Å². The predicted molar refractivity (Wildman–Crippen MR) is 74.3 cm³/mol. The molecule has 1 aromatic carbocycles. The van der Waals surface area contributed by atoms with Gasteiger partial charge in [-0.3, -0.25) is 0 Å².